The first-order chi connectivity index (χ1) is 3.30. The summed E-state index contributed by atoms with van der Waals surface area (Å²) in [6.07, 6.45) is -0.431. The lowest BCUT2D eigenvalue weighted by Gasteiger charge is -2.01. The van der Waals surface area contributed by atoms with E-state index >= 15 is 0 Å². The molecule has 1 saturated heterocycles. The Balaban J connectivity index is 0.000000490. The van der Waals surface area contributed by atoms with Crippen molar-refractivity contribution in [3.05, 3.63) is 0 Å². The van der Waals surface area contributed by atoms with Gasteiger partial charge in [0.15, 0.2) is 0 Å². The van der Waals surface area contributed by atoms with Crippen LogP contribution in [0.25, 0.3) is 0 Å². The van der Waals surface area contributed by atoms with Gasteiger partial charge in [0.25, 0.3) is 0 Å². The summed E-state index contributed by atoms with van der Waals surface area (Å²) in [5.41, 5.74) is 5.30. The van der Waals surface area contributed by atoms with Crippen LogP contribution >= 0.6 is 13.5 Å². The minimum atomic E-state index is -0.431. The summed E-state index contributed by atoms with van der Waals surface area (Å²) < 4.78 is 4.79. The third-order valence-electron chi connectivity index (χ3n) is 1.09. The van der Waals surface area contributed by atoms with E-state index in [0.717, 1.165) is 0 Å². The summed E-state index contributed by atoms with van der Waals surface area (Å²) in [7, 11) is 0. The first kappa shape index (κ1) is 8.23. The van der Waals surface area contributed by atoms with Crippen molar-refractivity contribution < 1.29 is 9.84 Å². The summed E-state index contributed by atoms with van der Waals surface area (Å²) in [6.45, 7) is 0.905. The first-order valence-corrected chi connectivity index (χ1v) is 2.32. The van der Waals surface area contributed by atoms with E-state index in [9.17, 15) is 0 Å². The second kappa shape index (κ2) is 3.29. The van der Waals surface area contributed by atoms with Crippen LogP contribution in [0.1, 0.15) is 0 Å². The highest BCUT2D eigenvalue weighted by Gasteiger charge is 2.21. The van der Waals surface area contributed by atoms with Gasteiger partial charge in [0.2, 0.25) is 0 Å². The molecule has 1 heterocycles. The topological polar surface area (TPSA) is 55.5 Å². The molecule has 1 rings (SSSR count). The molecule has 0 aliphatic carbocycles. The zero-order valence-corrected chi connectivity index (χ0v) is 5.50. The molecule has 0 aromatic rings. The molecule has 0 saturated carbocycles. The molecule has 0 spiro atoms. The fourth-order valence-electron chi connectivity index (χ4n) is 0.560. The predicted molar refractivity (Wildman–Crippen MR) is 35.2 cm³/mol. The maximum Gasteiger partial charge on any atom is 0.0946 e. The number of rotatable bonds is 0. The lowest BCUT2D eigenvalue weighted by Crippen LogP contribution is -2.32. The number of aliphatic hydroxyl groups excluding tert-OH is 1. The van der Waals surface area contributed by atoms with E-state index in [2.05, 4.69) is 0 Å². The average Bonchev–Trinajstić information content (AvgIpc) is 1.91. The lowest BCUT2D eigenvalue weighted by atomic mass is 10.2. The van der Waals surface area contributed by atoms with Gasteiger partial charge in [-0.1, -0.05) is 0 Å². The molecular formula is C4H11NO2S. The van der Waals surface area contributed by atoms with Crippen LogP contribution in [0.3, 0.4) is 0 Å². The third kappa shape index (κ3) is 1.63. The minimum absolute atomic E-state index is 0. The smallest absolute Gasteiger partial charge is 0.0946 e. The summed E-state index contributed by atoms with van der Waals surface area (Å²) in [5.74, 6) is 0. The second-order valence-electron chi connectivity index (χ2n) is 1.77. The number of ether oxygens (including phenoxy) is 1. The van der Waals surface area contributed by atoms with Gasteiger partial charge in [-0.2, -0.15) is 13.5 Å². The highest BCUT2D eigenvalue weighted by atomic mass is 32.1. The van der Waals surface area contributed by atoms with Crippen LogP contribution in [0.2, 0.25) is 0 Å². The number of hydrogen-bond acceptors (Lipinski definition) is 3. The lowest BCUT2D eigenvalue weighted by molar-refractivity contribution is 0.125. The summed E-state index contributed by atoms with van der Waals surface area (Å²) in [4.78, 5) is 0. The van der Waals surface area contributed by atoms with E-state index < -0.39 is 6.10 Å². The van der Waals surface area contributed by atoms with Crippen LogP contribution in [-0.2, 0) is 4.74 Å². The normalized spacial score (nSPS) is 36.8. The maximum absolute atomic E-state index is 8.75. The van der Waals surface area contributed by atoms with Crippen molar-refractivity contribution in [2.75, 3.05) is 13.2 Å². The monoisotopic (exact) mass is 137 g/mol. The summed E-state index contributed by atoms with van der Waals surface area (Å²) in [5, 5.41) is 8.75. The number of aliphatic hydroxyl groups is 1. The van der Waals surface area contributed by atoms with Crippen LogP contribution in [0.5, 0.6) is 0 Å². The van der Waals surface area contributed by atoms with Gasteiger partial charge in [-0.3, -0.25) is 0 Å². The molecule has 8 heavy (non-hydrogen) atoms. The van der Waals surface area contributed by atoms with E-state index in [1.165, 1.54) is 0 Å². The van der Waals surface area contributed by atoms with Crippen molar-refractivity contribution in [2.45, 2.75) is 12.1 Å². The van der Waals surface area contributed by atoms with E-state index in [1.807, 2.05) is 0 Å². The third-order valence-corrected chi connectivity index (χ3v) is 1.09. The Hall–Kier alpha value is 0.230. The molecule has 3 N–H and O–H groups in total. The predicted octanol–water partition coefficient (Wildman–Crippen LogP) is -1.18. The fourth-order valence-corrected chi connectivity index (χ4v) is 0.560. The maximum atomic E-state index is 8.75. The van der Waals surface area contributed by atoms with Crippen molar-refractivity contribution in [1.82, 2.24) is 0 Å². The van der Waals surface area contributed by atoms with Crippen LogP contribution in [-0.4, -0.2) is 30.5 Å². The van der Waals surface area contributed by atoms with Gasteiger partial charge in [-0.15, -0.1) is 0 Å². The molecule has 0 aromatic carbocycles. The Morgan fingerprint density at radius 3 is 2.25 bits per heavy atom. The summed E-state index contributed by atoms with van der Waals surface area (Å²) >= 11 is 0. The van der Waals surface area contributed by atoms with Gasteiger partial charge in [-0.05, 0) is 0 Å². The molecule has 0 unspecified atom stereocenters. The van der Waals surface area contributed by atoms with Crippen molar-refractivity contribution in [1.29, 1.82) is 0 Å². The molecule has 1 aliphatic rings. The van der Waals surface area contributed by atoms with Crippen LogP contribution in [0.4, 0.5) is 0 Å². The zero-order valence-electron chi connectivity index (χ0n) is 4.50. The molecule has 2 atom stereocenters. The molecule has 4 heteroatoms. The highest BCUT2D eigenvalue weighted by Crippen LogP contribution is 2.00. The molecule has 0 radical (unpaired) electrons. The van der Waals surface area contributed by atoms with Gasteiger partial charge in [0.1, 0.15) is 0 Å². The Bertz CT molecular complexity index is 63.1. The molecule has 3 nitrogen and oxygen atoms in total. The first-order valence-electron chi connectivity index (χ1n) is 2.32. The van der Waals surface area contributed by atoms with E-state index in [-0.39, 0.29) is 19.5 Å². The molecular weight excluding hydrogens is 126 g/mol. The largest absolute Gasteiger partial charge is 0.389 e. The van der Waals surface area contributed by atoms with Gasteiger partial charge in [-0.25, -0.2) is 0 Å². The molecule has 50 valence electrons. The summed E-state index contributed by atoms with van der Waals surface area (Å²) in [6, 6.07) is -0.153. The fraction of sp³-hybridized carbons (Fsp3) is 1.00. The van der Waals surface area contributed by atoms with Gasteiger partial charge >= 0.3 is 0 Å². The van der Waals surface area contributed by atoms with E-state index in [0.29, 0.717) is 13.2 Å². The standard InChI is InChI=1S/C4H9NO2.H2S/c5-3-1-7-2-4(3)6;/h3-4,6H,1-2,5H2;1H2/t3-,4-;/m0./s1. The van der Waals surface area contributed by atoms with E-state index in [4.69, 9.17) is 15.6 Å². The second-order valence-corrected chi connectivity index (χ2v) is 1.77. The Morgan fingerprint density at radius 2 is 2.12 bits per heavy atom. The van der Waals surface area contributed by atoms with Crippen LogP contribution in [0, 0.1) is 0 Å². The molecule has 0 amide bonds. The Kier molecular flexibility index (Phi) is 3.39. The molecule has 1 aliphatic heterocycles. The molecule has 0 bridgehead atoms. The average molecular weight is 137 g/mol. The Labute approximate surface area is 55.3 Å². The number of nitrogens with two attached hydrogens (primary N) is 1. The molecule has 0 aromatic heterocycles. The van der Waals surface area contributed by atoms with Gasteiger partial charge < -0.3 is 15.6 Å². The van der Waals surface area contributed by atoms with Crippen molar-refractivity contribution in [3.63, 3.8) is 0 Å². The number of hydrogen-bond donors (Lipinski definition) is 2. The SMILES string of the molecule is N[C@H]1COC[C@@H]1O.S. The van der Waals surface area contributed by atoms with Crippen LogP contribution < -0.4 is 5.73 Å². The minimum Gasteiger partial charge on any atom is -0.389 e. The highest BCUT2D eigenvalue weighted by molar-refractivity contribution is 7.59. The van der Waals surface area contributed by atoms with Gasteiger partial charge in [0, 0.05) is 0 Å². The quantitative estimate of drug-likeness (QED) is 0.442. The zero-order chi connectivity index (χ0) is 5.28. The van der Waals surface area contributed by atoms with Crippen molar-refractivity contribution >= 4 is 13.5 Å². The van der Waals surface area contributed by atoms with Crippen molar-refractivity contribution in [2.24, 2.45) is 5.73 Å². The Morgan fingerprint density at radius 1 is 1.50 bits per heavy atom. The molecule has 1 fully saturated rings. The van der Waals surface area contributed by atoms with Crippen LogP contribution in [0.15, 0.2) is 0 Å². The van der Waals surface area contributed by atoms with Crippen molar-refractivity contribution in [3.8, 4) is 0 Å². The van der Waals surface area contributed by atoms with Gasteiger partial charge in [0.05, 0.1) is 25.4 Å². The van der Waals surface area contributed by atoms with E-state index in [1.54, 1.807) is 0 Å².